The van der Waals surface area contributed by atoms with Gasteiger partial charge in [-0.2, -0.15) is 8.78 Å². The maximum Gasteiger partial charge on any atom is 0.387 e. The molecule has 7 heteroatoms. The van der Waals surface area contributed by atoms with Crippen LogP contribution in [0.2, 0.25) is 0 Å². The normalized spacial score (nSPS) is 12.2. The first-order valence-corrected chi connectivity index (χ1v) is 9.51. The van der Waals surface area contributed by atoms with Crippen molar-refractivity contribution in [3.8, 4) is 5.75 Å². The minimum atomic E-state index is -2.86. The smallest absolute Gasteiger partial charge is 0.387 e. The third kappa shape index (κ3) is 4.52. The van der Waals surface area contributed by atoms with Gasteiger partial charge in [-0.05, 0) is 36.4 Å². The third-order valence-electron chi connectivity index (χ3n) is 4.83. The van der Waals surface area contributed by atoms with Crippen LogP contribution in [0, 0.1) is 0 Å². The van der Waals surface area contributed by atoms with Gasteiger partial charge in [-0.1, -0.05) is 42.5 Å². The molecule has 3 N–H and O–H groups in total. The molecule has 5 nitrogen and oxygen atoms in total. The summed E-state index contributed by atoms with van der Waals surface area (Å²) in [5.41, 5.74) is 2.44. The number of quaternary nitrogens is 1. The maximum absolute atomic E-state index is 12.4. The van der Waals surface area contributed by atoms with Crippen LogP contribution in [0.1, 0.15) is 23.0 Å². The van der Waals surface area contributed by atoms with Gasteiger partial charge in [0.25, 0.3) is 5.56 Å². The number of nitrogens with zero attached hydrogens (tertiary/aromatic N) is 1. The topological polar surface area (TPSA) is 71.6 Å². The molecule has 1 atom stereocenters. The number of hydrogen-bond acceptors (Lipinski definition) is 3. The standard InChI is InChI=1S/C23H19F2N3O2/c24-23(25)30-17-12-10-16(11-13-17)21(15-6-2-1-3-7-15)26-14-20-27-19-9-5-4-8-18(19)22(29)28-20/h1-13,21,23,26H,14H2,(H,27,28,29)/p+1/t21-/m0/s1. The minimum Gasteiger partial charge on any atom is -0.435 e. The van der Waals surface area contributed by atoms with Crippen LogP contribution in [0.15, 0.2) is 83.7 Å². The number of aromatic amines is 1. The summed E-state index contributed by atoms with van der Waals surface area (Å²) >= 11 is 0. The average Bonchev–Trinajstić information content (AvgIpc) is 2.75. The highest BCUT2D eigenvalue weighted by Crippen LogP contribution is 2.22. The number of nitrogens with two attached hydrogens (primary N) is 1. The van der Waals surface area contributed by atoms with E-state index in [-0.39, 0.29) is 17.4 Å². The van der Waals surface area contributed by atoms with E-state index in [1.165, 1.54) is 12.1 Å². The van der Waals surface area contributed by atoms with Crippen LogP contribution in [0.25, 0.3) is 10.9 Å². The fourth-order valence-electron chi connectivity index (χ4n) is 3.44. The van der Waals surface area contributed by atoms with E-state index in [0.29, 0.717) is 23.3 Å². The highest BCUT2D eigenvalue weighted by Gasteiger charge is 2.19. The fourth-order valence-corrected chi connectivity index (χ4v) is 3.44. The second kappa shape index (κ2) is 8.84. The van der Waals surface area contributed by atoms with Crippen molar-refractivity contribution in [1.82, 2.24) is 9.97 Å². The molecule has 0 aliphatic carbocycles. The van der Waals surface area contributed by atoms with E-state index in [4.69, 9.17) is 0 Å². The van der Waals surface area contributed by atoms with Crippen LogP contribution in [-0.2, 0) is 6.54 Å². The molecule has 0 spiro atoms. The first-order valence-electron chi connectivity index (χ1n) is 9.51. The molecule has 4 rings (SSSR count). The number of fused-ring (bicyclic) bond motifs is 1. The van der Waals surface area contributed by atoms with Gasteiger partial charge in [0.05, 0.1) is 10.9 Å². The Bertz CT molecular complexity index is 1180. The molecule has 152 valence electrons. The van der Waals surface area contributed by atoms with Crippen LogP contribution in [0.4, 0.5) is 8.78 Å². The Balaban J connectivity index is 1.60. The van der Waals surface area contributed by atoms with Gasteiger partial charge in [0.15, 0.2) is 5.82 Å². The largest absolute Gasteiger partial charge is 0.435 e. The summed E-state index contributed by atoms with van der Waals surface area (Å²) in [6, 6.07) is 23.5. The molecule has 0 saturated carbocycles. The molecule has 3 aromatic carbocycles. The molecule has 0 aliphatic heterocycles. The number of alkyl halides is 2. The number of nitrogens with one attached hydrogen (secondary N) is 1. The Morgan fingerprint density at radius 1 is 0.900 bits per heavy atom. The summed E-state index contributed by atoms with van der Waals surface area (Å²) in [7, 11) is 0. The first kappa shape index (κ1) is 19.7. The second-order valence-electron chi connectivity index (χ2n) is 6.81. The number of benzene rings is 3. The summed E-state index contributed by atoms with van der Waals surface area (Å²) in [5.74, 6) is 0.679. The zero-order chi connectivity index (χ0) is 20.9. The third-order valence-corrected chi connectivity index (χ3v) is 4.83. The van der Waals surface area contributed by atoms with Gasteiger partial charge in [0.2, 0.25) is 0 Å². The molecule has 1 aromatic heterocycles. The van der Waals surface area contributed by atoms with E-state index in [0.717, 1.165) is 11.1 Å². The van der Waals surface area contributed by atoms with E-state index in [1.54, 1.807) is 24.3 Å². The highest BCUT2D eigenvalue weighted by molar-refractivity contribution is 5.77. The van der Waals surface area contributed by atoms with Crippen LogP contribution in [0.5, 0.6) is 5.75 Å². The highest BCUT2D eigenvalue weighted by atomic mass is 19.3. The second-order valence-corrected chi connectivity index (χ2v) is 6.81. The van der Waals surface area contributed by atoms with E-state index >= 15 is 0 Å². The quantitative estimate of drug-likeness (QED) is 0.493. The zero-order valence-electron chi connectivity index (χ0n) is 16.0. The Kier molecular flexibility index (Phi) is 5.81. The van der Waals surface area contributed by atoms with Crippen LogP contribution >= 0.6 is 0 Å². The number of halogens is 2. The molecule has 0 amide bonds. The van der Waals surface area contributed by atoms with E-state index in [2.05, 4.69) is 14.7 Å². The lowest BCUT2D eigenvalue weighted by Crippen LogP contribution is -2.84. The lowest BCUT2D eigenvalue weighted by molar-refractivity contribution is -0.703. The van der Waals surface area contributed by atoms with Crippen LogP contribution in [0.3, 0.4) is 0 Å². The van der Waals surface area contributed by atoms with Crippen molar-refractivity contribution in [2.45, 2.75) is 19.2 Å². The van der Waals surface area contributed by atoms with Crippen molar-refractivity contribution >= 4 is 10.9 Å². The van der Waals surface area contributed by atoms with Crippen molar-refractivity contribution in [2.75, 3.05) is 0 Å². The predicted octanol–water partition coefficient (Wildman–Crippen LogP) is 3.38. The van der Waals surface area contributed by atoms with E-state index in [1.807, 2.05) is 47.8 Å². The summed E-state index contributed by atoms with van der Waals surface area (Å²) in [5, 5.41) is 2.60. The van der Waals surface area contributed by atoms with Gasteiger partial charge in [-0.25, -0.2) is 4.98 Å². The molecule has 0 bridgehead atoms. The lowest BCUT2D eigenvalue weighted by Gasteiger charge is -2.17. The van der Waals surface area contributed by atoms with Gasteiger partial charge in [0.1, 0.15) is 18.3 Å². The van der Waals surface area contributed by atoms with Gasteiger partial charge >= 0.3 is 6.61 Å². The molecule has 0 aliphatic rings. The van der Waals surface area contributed by atoms with Gasteiger partial charge in [-0.3, -0.25) is 4.79 Å². The lowest BCUT2D eigenvalue weighted by atomic mass is 9.98. The van der Waals surface area contributed by atoms with Crippen molar-refractivity contribution in [3.05, 3.63) is 106 Å². The average molecular weight is 408 g/mol. The van der Waals surface area contributed by atoms with E-state index in [9.17, 15) is 13.6 Å². The number of aromatic nitrogens is 2. The van der Waals surface area contributed by atoms with E-state index < -0.39 is 6.61 Å². The molecule has 0 fully saturated rings. The Hall–Kier alpha value is -3.58. The Morgan fingerprint density at radius 2 is 1.57 bits per heavy atom. The predicted molar refractivity (Wildman–Crippen MR) is 109 cm³/mol. The molecule has 0 saturated heterocycles. The molecular formula is C23H20F2N3O2+. The minimum absolute atomic E-state index is 0.108. The van der Waals surface area contributed by atoms with Crippen molar-refractivity contribution in [1.29, 1.82) is 0 Å². The van der Waals surface area contributed by atoms with Crippen molar-refractivity contribution < 1.29 is 18.8 Å². The fraction of sp³-hybridized carbons (Fsp3) is 0.130. The summed E-state index contributed by atoms with van der Waals surface area (Å²) in [6.45, 7) is -2.42. The monoisotopic (exact) mass is 408 g/mol. The number of ether oxygens (including phenoxy) is 1. The molecule has 1 heterocycles. The van der Waals surface area contributed by atoms with Gasteiger partial charge < -0.3 is 15.0 Å². The SMILES string of the molecule is O=c1[nH]c(C[NH2+][C@@H](c2ccccc2)c2ccc(OC(F)F)cc2)nc2ccccc12. The Morgan fingerprint density at radius 3 is 2.30 bits per heavy atom. The number of H-pyrrole nitrogens is 1. The van der Waals surface area contributed by atoms with Crippen LogP contribution < -0.4 is 15.6 Å². The molecule has 30 heavy (non-hydrogen) atoms. The molecule has 0 radical (unpaired) electrons. The molecule has 0 unspecified atom stereocenters. The maximum atomic E-state index is 12.4. The number of para-hydroxylation sites is 1. The van der Waals surface area contributed by atoms with Crippen LogP contribution in [-0.4, -0.2) is 16.6 Å². The zero-order valence-corrected chi connectivity index (χ0v) is 16.0. The summed E-state index contributed by atoms with van der Waals surface area (Å²) in [6.07, 6.45) is 0. The summed E-state index contributed by atoms with van der Waals surface area (Å²) < 4.78 is 29.3. The van der Waals surface area contributed by atoms with Crippen molar-refractivity contribution in [2.24, 2.45) is 0 Å². The molecule has 4 aromatic rings. The number of rotatable bonds is 7. The van der Waals surface area contributed by atoms with Crippen molar-refractivity contribution in [3.63, 3.8) is 0 Å². The van der Waals surface area contributed by atoms with Gasteiger partial charge in [-0.15, -0.1) is 0 Å². The number of hydrogen-bond donors (Lipinski definition) is 2. The van der Waals surface area contributed by atoms with Gasteiger partial charge in [0, 0.05) is 11.1 Å². The first-order chi connectivity index (χ1) is 14.6. The Labute approximate surface area is 171 Å². The summed E-state index contributed by atoms with van der Waals surface area (Å²) in [4.78, 5) is 19.7. The molecular weight excluding hydrogens is 388 g/mol.